The number of para-hydroxylation sites is 1. The summed E-state index contributed by atoms with van der Waals surface area (Å²) in [7, 11) is -3.98. The number of aliphatic hydroxyl groups excluding tert-OH is 1. The molecule has 12 heteroatoms. The second kappa shape index (κ2) is 10.8. The van der Waals surface area contributed by atoms with Crippen LogP contribution in [0.1, 0.15) is 19.9 Å². The van der Waals surface area contributed by atoms with Crippen molar-refractivity contribution in [3.63, 3.8) is 0 Å². The molecule has 0 bridgehead atoms. The van der Waals surface area contributed by atoms with E-state index in [-0.39, 0.29) is 43.7 Å². The molecule has 11 nitrogen and oxygen atoms in total. The molecule has 4 rings (SSSR count). The number of hydrogen-bond donors (Lipinski definition) is 3. The van der Waals surface area contributed by atoms with Crippen LogP contribution in [0.15, 0.2) is 61.1 Å². The van der Waals surface area contributed by atoms with Gasteiger partial charge in [-0.05, 0) is 37.6 Å². The van der Waals surface area contributed by atoms with E-state index < -0.39 is 13.7 Å². The molecule has 4 N–H and O–H groups in total. The highest BCUT2D eigenvalue weighted by Crippen LogP contribution is 2.52. The lowest BCUT2D eigenvalue weighted by atomic mass is 9.66. The first-order chi connectivity index (χ1) is 17.2. The summed E-state index contributed by atoms with van der Waals surface area (Å²) in [5.41, 5.74) is 7.36. The Hall–Kier alpha value is -3.24. The van der Waals surface area contributed by atoms with Gasteiger partial charge in [-0.3, -0.25) is 9.32 Å². The van der Waals surface area contributed by atoms with Crippen LogP contribution in [-0.2, 0) is 18.6 Å². The highest BCUT2D eigenvalue weighted by Gasteiger charge is 2.47. The average Bonchev–Trinajstić information content (AvgIpc) is 3.26. The van der Waals surface area contributed by atoms with Gasteiger partial charge in [-0.1, -0.05) is 24.8 Å². The number of hydrogen-bond acceptors (Lipinski definition) is 9. The number of nitrogens with two attached hydrogens (primary N) is 1. The number of nitrogens with zero attached hydrogens (tertiary/aromatic N) is 3. The molecule has 1 saturated carbocycles. The topological polar surface area (TPSA) is 151 Å². The molecule has 4 atom stereocenters. The molecule has 0 amide bonds. The Balaban J connectivity index is 1.48. The maximum absolute atomic E-state index is 13.5. The number of carbonyl (C=O) groups excluding carboxylic acids is 1. The summed E-state index contributed by atoms with van der Waals surface area (Å²) in [6, 6.07) is 10.1. The summed E-state index contributed by atoms with van der Waals surface area (Å²) in [6.07, 6.45) is 2.90. The Morgan fingerprint density at radius 1 is 1.28 bits per heavy atom. The lowest BCUT2D eigenvalue weighted by Gasteiger charge is -2.47. The van der Waals surface area contributed by atoms with Gasteiger partial charge < -0.3 is 24.7 Å². The minimum absolute atomic E-state index is 0.0484. The minimum atomic E-state index is -3.98. The standard InChI is InChI=1S/C24H30N5O6P/c1-15(2)34-21(31)11-28-36(32,35-17-7-5-4-6-8-17)33-13-20-16(3)22(19(20)12-30)29-10-9-18-23(25)26-14-27-24(18)29/h4-10,14-15,19-20,22,30H,3,11-13H2,1-2H3,(H,28,32)(H2,25,26,27)/t19-,20+,22-,36?/m1/s1. The van der Waals surface area contributed by atoms with Crippen LogP contribution in [0.5, 0.6) is 5.75 Å². The van der Waals surface area contributed by atoms with Gasteiger partial charge in [-0.2, -0.15) is 0 Å². The van der Waals surface area contributed by atoms with Crippen molar-refractivity contribution in [2.24, 2.45) is 11.8 Å². The van der Waals surface area contributed by atoms with Crippen LogP contribution >= 0.6 is 7.75 Å². The maximum atomic E-state index is 13.5. The zero-order chi connectivity index (χ0) is 25.9. The molecule has 0 aliphatic heterocycles. The van der Waals surface area contributed by atoms with Crippen molar-refractivity contribution in [2.75, 3.05) is 25.5 Å². The molecule has 0 spiro atoms. The summed E-state index contributed by atoms with van der Waals surface area (Å²) in [6.45, 7) is 7.05. The molecule has 2 aromatic heterocycles. The number of fused-ring (bicyclic) bond motifs is 1. The van der Waals surface area contributed by atoms with Crippen molar-refractivity contribution >= 4 is 30.6 Å². The van der Waals surface area contributed by atoms with Gasteiger partial charge in [0.25, 0.3) is 0 Å². The Morgan fingerprint density at radius 3 is 2.72 bits per heavy atom. The van der Waals surface area contributed by atoms with Crippen molar-refractivity contribution in [2.45, 2.75) is 26.0 Å². The van der Waals surface area contributed by atoms with E-state index >= 15 is 0 Å². The van der Waals surface area contributed by atoms with Gasteiger partial charge in [-0.25, -0.2) is 19.6 Å². The second-order valence-corrected chi connectivity index (χ2v) is 10.5. The van der Waals surface area contributed by atoms with Crippen LogP contribution in [0, 0.1) is 11.8 Å². The van der Waals surface area contributed by atoms with Crippen molar-refractivity contribution in [3.8, 4) is 5.75 Å². The summed E-state index contributed by atoms with van der Waals surface area (Å²) < 4.78 is 31.9. The van der Waals surface area contributed by atoms with E-state index in [4.69, 9.17) is 19.5 Å². The number of nitrogens with one attached hydrogen (secondary N) is 1. The zero-order valence-corrected chi connectivity index (χ0v) is 21.0. The number of benzene rings is 1. The third kappa shape index (κ3) is 5.44. The maximum Gasteiger partial charge on any atom is 0.459 e. The Morgan fingerprint density at radius 2 is 2.03 bits per heavy atom. The molecule has 0 radical (unpaired) electrons. The highest BCUT2D eigenvalue weighted by molar-refractivity contribution is 7.52. The molecular formula is C24H30N5O6P. The van der Waals surface area contributed by atoms with E-state index in [0.29, 0.717) is 22.6 Å². The van der Waals surface area contributed by atoms with E-state index in [2.05, 4.69) is 21.6 Å². The number of esters is 1. The third-order valence-corrected chi connectivity index (χ3v) is 7.49. The molecule has 192 valence electrons. The van der Waals surface area contributed by atoms with Crippen LogP contribution in [0.4, 0.5) is 5.82 Å². The van der Waals surface area contributed by atoms with Crippen LogP contribution in [0.2, 0.25) is 0 Å². The molecule has 1 unspecified atom stereocenters. The summed E-state index contributed by atoms with van der Waals surface area (Å²) in [5.74, 6) is -0.502. The molecule has 2 heterocycles. The Bertz CT molecular complexity index is 1280. The minimum Gasteiger partial charge on any atom is -0.462 e. The Kier molecular flexibility index (Phi) is 7.75. The number of rotatable bonds is 11. The van der Waals surface area contributed by atoms with E-state index in [1.54, 1.807) is 44.2 Å². The molecule has 1 fully saturated rings. The first-order valence-electron chi connectivity index (χ1n) is 11.5. The van der Waals surface area contributed by atoms with Crippen molar-refractivity contribution in [3.05, 3.63) is 61.1 Å². The fourth-order valence-corrected chi connectivity index (χ4v) is 5.58. The third-order valence-electron chi connectivity index (χ3n) is 6.01. The summed E-state index contributed by atoms with van der Waals surface area (Å²) in [5, 5.41) is 13.4. The van der Waals surface area contributed by atoms with Crippen LogP contribution in [0.25, 0.3) is 11.0 Å². The Labute approximate surface area is 208 Å². The van der Waals surface area contributed by atoms with Gasteiger partial charge in [0.1, 0.15) is 30.1 Å². The molecule has 36 heavy (non-hydrogen) atoms. The van der Waals surface area contributed by atoms with Crippen LogP contribution in [0.3, 0.4) is 0 Å². The summed E-state index contributed by atoms with van der Waals surface area (Å²) >= 11 is 0. The molecular weight excluding hydrogens is 485 g/mol. The van der Waals surface area contributed by atoms with E-state index in [9.17, 15) is 14.5 Å². The van der Waals surface area contributed by atoms with Gasteiger partial charge in [-0.15, -0.1) is 0 Å². The number of anilines is 1. The second-order valence-electron chi connectivity index (χ2n) is 8.76. The normalized spacial score (nSPS) is 21.2. The lowest BCUT2D eigenvalue weighted by molar-refractivity contribution is -0.145. The smallest absolute Gasteiger partial charge is 0.459 e. The lowest BCUT2D eigenvalue weighted by Crippen LogP contribution is -2.45. The fourth-order valence-electron chi connectivity index (χ4n) is 4.30. The predicted octanol–water partition coefficient (Wildman–Crippen LogP) is 3.09. The van der Waals surface area contributed by atoms with E-state index in [0.717, 1.165) is 5.57 Å². The SMILES string of the molecule is C=C1[C@@H](n2ccc3c(N)ncnc32)[C@H](CO)[C@H]1COP(=O)(NCC(=O)OC(C)C)Oc1ccccc1. The van der Waals surface area contributed by atoms with Gasteiger partial charge in [0.2, 0.25) is 0 Å². The van der Waals surface area contributed by atoms with Crippen LogP contribution in [-0.4, -0.2) is 51.5 Å². The average molecular weight is 516 g/mol. The van der Waals surface area contributed by atoms with Gasteiger partial charge >= 0.3 is 13.7 Å². The first-order valence-corrected chi connectivity index (χ1v) is 13.1. The van der Waals surface area contributed by atoms with E-state index in [1.807, 2.05) is 16.8 Å². The van der Waals surface area contributed by atoms with Crippen LogP contribution < -0.4 is 15.3 Å². The molecule has 1 aliphatic rings. The number of ether oxygens (including phenoxy) is 1. The molecule has 3 aromatic rings. The van der Waals surface area contributed by atoms with Gasteiger partial charge in [0.05, 0.1) is 24.1 Å². The van der Waals surface area contributed by atoms with Crippen molar-refractivity contribution < 1.29 is 28.3 Å². The number of carbonyl (C=O) groups is 1. The zero-order valence-electron chi connectivity index (χ0n) is 20.1. The number of aromatic nitrogens is 3. The molecule has 1 aliphatic carbocycles. The van der Waals surface area contributed by atoms with Crippen molar-refractivity contribution in [1.29, 1.82) is 0 Å². The monoisotopic (exact) mass is 515 g/mol. The quantitative estimate of drug-likeness (QED) is 0.197. The fraction of sp³-hybridized carbons (Fsp3) is 0.375. The van der Waals surface area contributed by atoms with Crippen molar-refractivity contribution in [1.82, 2.24) is 19.6 Å². The predicted molar refractivity (Wildman–Crippen MR) is 134 cm³/mol. The summed E-state index contributed by atoms with van der Waals surface area (Å²) in [4.78, 5) is 20.4. The molecule has 0 saturated heterocycles. The van der Waals surface area contributed by atoms with E-state index in [1.165, 1.54) is 6.33 Å². The number of aliphatic hydroxyl groups is 1. The highest BCUT2D eigenvalue weighted by atomic mass is 31.2. The van der Waals surface area contributed by atoms with Gasteiger partial charge in [0, 0.05) is 24.6 Å². The number of nitrogen functional groups attached to an aromatic ring is 1. The van der Waals surface area contributed by atoms with Gasteiger partial charge in [0.15, 0.2) is 0 Å². The molecule has 1 aromatic carbocycles. The first kappa shape index (κ1) is 25.8. The largest absolute Gasteiger partial charge is 0.462 e.